The lowest BCUT2D eigenvalue weighted by molar-refractivity contribution is -0.133. The molecule has 0 spiro atoms. The van der Waals surface area contributed by atoms with Crippen molar-refractivity contribution in [1.29, 1.82) is 0 Å². The van der Waals surface area contributed by atoms with Crippen LogP contribution in [-0.2, 0) is 19.0 Å². The second-order valence-electron chi connectivity index (χ2n) is 11.5. The number of allylic oxidation sites excluding steroid dienone is 1. The number of nitrogens with zero attached hydrogens (tertiary/aromatic N) is 1. The van der Waals surface area contributed by atoms with Crippen molar-refractivity contribution in [3.63, 3.8) is 0 Å². The van der Waals surface area contributed by atoms with Crippen LogP contribution in [0.4, 0.5) is 0 Å². The largest absolute Gasteiger partial charge is 0.492 e. The molecule has 198 valence electrons. The molecule has 6 nitrogen and oxygen atoms in total. The lowest BCUT2D eigenvalue weighted by Crippen LogP contribution is -2.60. The van der Waals surface area contributed by atoms with Crippen LogP contribution in [0, 0.1) is 23.7 Å². The van der Waals surface area contributed by atoms with E-state index in [1.165, 1.54) is 18.4 Å². The summed E-state index contributed by atoms with van der Waals surface area (Å²) in [7, 11) is 1.57. The van der Waals surface area contributed by atoms with Crippen molar-refractivity contribution in [1.82, 2.24) is 4.90 Å². The summed E-state index contributed by atoms with van der Waals surface area (Å²) in [6.07, 6.45) is 6.96. The molecule has 0 unspecified atom stereocenters. The summed E-state index contributed by atoms with van der Waals surface area (Å²) >= 11 is 0. The highest BCUT2D eigenvalue weighted by Gasteiger charge is 2.56. The van der Waals surface area contributed by atoms with E-state index < -0.39 is 0 Å². The molecule has 0 radical (unpaired) electrons. The molecule has 2 saturated heterocycles. The Hall–Kier alpha value is -2.57. The van der Waals surface area contributed by atoms with Crippen LogP contribution >= 0.6 is 0 Å². The van der Waals surface area contributed by atoms with E-state index in [-0.39, 0.29) is 36.0 Å². The van der Waals surface area contributed by atoms with E-state index in [4.69, 9.17) is 14.2 Å². The molecule has 1 aromatic carbocycles. The standard InChI is InChI=1S/C31H39NO5/c1-5-24(33)27-21-14-13-20(19-10-7-6-8-11-19)22(21)16-23-26-17(2)29(36-25(26)12-9-15-32(23)27)30-28(35-4)18(3)31(34)37-30/h6-8,10-12,17,20-24,26-27,33H,5,9,13-16H2,1-4H3/t17-,20+,21+,22+,23+,24-,26+,27+/m0/s1. The number of methoxy groups -OCH3 is 1. The van der Waals surface area contributed by atoms with Gasteiger partial charge in [0, 0.05) is 30.5 Å². The number of benzene rings is 1. The summed E-state index contributed by atoms with van der Waals surface area (Å²) in [5.41, 5.74) is 1.91. The molecule has 0 aromatic heterocycles. The number of piperidine rings is 1. The van der Waals surface area contributed by atoms with E-state index in [0.717, 1.165) is 31.6 Å². The van der Waals surface area contributed by atoms with Crippen molar-refractivity contribution in [2.75, 3.05) is 13.7 Å². The molecule has 0 bridgehead atoms. The molecule has 6 heteroatoms. The van der Waals surface area contributed by atoms with Crippen molar-refractivity contribution in [3.8, 4) is 0 Å². The third-order valence-electron chi connectivity index (χ3n) is 9.81. The first-order valence-corrected chi connectivity index (χ1v) is 14.0. The Labute approximate surface area is 220 Å². The fourth-order valence-electron chi connectivity index (χ4n) is 8.17. The van der Waals surface area contributed by atoms with Crippen LogP contribution in [-0.4, -0.2) is 47.8 Å². The third-order valence-corrected chi connectivity index (χ3v) is 9.81. The normalized spacial score (nSPS) is 38.2. The number of ether oxygens (including phenoxy) is 3. The van der Waals surface area contributed by atoms with Gasteiger partial charge in [0.15, 0.2) is 11.5 Å². The van der Waals surface area contributed by atoms with Crippen LogP contribution in [0.3, 0.4) is 0 Å². The summed E-state index contributed by atoms with van der Waals surface area (Å²) in [6.45, 7) is 6.96. The van der Waals surface area contributed by atoms with Gasteiger partial charge < -0.3 is 19.3 Å². The Kier molecular flexibility index (Phi) is 6.44. The average molecular weight is 506 g/mol. The van der Waals surface area contributed by atoms with Crippen molar-refractivity contribution in [2.45, 2.75) is 77.0 Å². The molecule has 3 fully saturated rings. The zero-order valence-corrected chi connectivity index (χ0v) is 22.4. The van der Waals surface area contributed by atoms with E-state index in [0.29, 0.717) is 40.6 Å². The zero-order valence-electron chi connectivity index (χ0n) is 22.4. The number of hydrogen-bond donors (Lipinski definition) is 1. The first-order valence-electron chi connectivity index (χ1n) is 14.0. The Morgan fingerprint density at radius 1 is 1.16 bits per heavy atom. The van der Waals surface area contributed by atoms with E-state index in [1.54, 1.807) is 14.0 Å². The fourth-order valence-corrected chi connectivity index (χ4v) is 8.17. The Morgan fingerprint density at radius 2 is 1.95 bits per heavy atom. The van der Waals surface area contributed by atoms with Gasteiger partial charge in [0.1, 0.15) is 5.76 Å². The van der Waals surface area contributed by atoms with Gasteiger partial charge in [0.2, 0.25) is 5.76 Å². The topological polar surface area (TPSA) is 68.2 Å². The quantitative estimate of drug-likeness (QED) is 0.563. The van der Waals surface area contributed by atoms with Crippen LogP contribution in [0.25, 0.3) is 0 Å². The van der Waals surface area contributed by atoms with Gasteiger partial charge in [0.05, 0.1) is 18.8 Å². The number of aliphatic hydroxyl groups is 1. The minimum absolute atomic E-state index is 0.0308. The minimum atomic E-state index is -0.374. The van der Waals surface area contributed by atoms with Gasteiger partial charge in [0.25, 0.3) is 0 Å². The highest BCUT2D eigenvalue weighted by Crippen LogP contribution is 2.57. The van der Waals surface area contributed by atoms with Gasteiger partial charge in [-0.1, -0.05) is 44.2 Å². The SMILES string of the molecule is CC[C@H](O)[C@H]1[C@@H]2CC[C@H](c3ccccc3)[C@H]2C[C@@H]2[C@@H]3C(=CCCN12)OC(=C1OC(=O)C(C)=C1OC)[C@H]3C. The molecule has 5 aliphatic rings. The number of hydrogen-bond acceptors (Lipinski definition) is 6. The maximum absolute atomic E-state index is 12.4. The number of cyclic esters (lactones) is 1. The van der Waals surface area contributed by atoms with E-state index in [1.807, 2.05) is 0 Å². The monoisotopic (exact) mass is 505 g/mol. The predicted octanol–water partition coefficient (Wildman–Crippen LogP) is 5.27. The summed E-state index contributed by atoms with van der Waals surface area (Å²) in [5.74, 6) is 3.93. The third kappa shape index (κ3) is 3.87. The summed E-state index contributed by atoms with van der Waals surface area (Å²) < 4.78 is 17.8. The molecule has 4 aliphatic heterocycles. The smallest absolute Gasteiger partial charge is 0.343 e. The second kappa shape index (κ2) is 9.63. The number of rotatable bonds is 4. The Morgan fingerprint density at radius 3 is 2.68 bits per heavy atom. The van der Waals surface area contributed by atoms with Gasteiger partial charge >= 0.3 is 5.97 Å². The zero-order chi connectivity index (χ0) is 25.8. The van der Waals surface area contributed by atoms with Gasteiger partial charge in [-0.05, 0) is 68.4 Å². The molecule has 8 atom stereocenters. The van der Waals surface area contributed by atoms with Crippen LogP contribution in [0.1, 0.15) is 64.4 Å². The van der Waals surface area contributed by atoms with E-state index in [9.17, 15) is 9.90 Å². The molecule has 6 rings (SSSR count). The maximum Gasteiger partial charge on any atom is 0.343 e. The summed E-state index contributed by atoms with van der Waals surface area (Å²) in [6, 6.07) is 11.4. The molecular formula is C31H39NO5. The highest BCUT2D eigenvalue weighted by molar-refractivity contribution is 5.93. The minimum Gasteiger partial charge on any atom is -0.492 e. The number of aliphatic hydroxyl groups excluding tert-OH is 1. The van der Waals surface area contributed by atoms with Crippen molar-refractivity contribution >= 4 is 5.97 Å². The number of fused-ring (bicyclic) bond motifs is 4. The fraction of sp³-hybridized carbons (Fsp3) is 0.581. The van der Waals surface area contributed by atoms with E-state index in [2.05, 4.69) is 55.2 Å². The molecule has 4 heterocycles. The molecule has 1 saturated carbocycles. The van der Waals surface area contributed by atoms with Crippen molar-refractivity contribution in [2.24, 2.45) is 23.7 Å². The Bertz CT molecular complexity index is 1150. The van der Waals surface area contributed by atoms with E-state index >= 15 is 0 Å². The van der Waals surface area contributed by atoms with Crippen molar-refractivity contribution < 1.29 is 24.1 Å². The summed E-state index contributed by atoms with van der Waals surface area (Å²) in [5, 5.41) is 11.4. The number of carbonyl (C=O) groups excluding carboxylic acids is 1. The average Bonchev–Trinajstić information content (AvgIpc) is 3.52. The molecule has 1 N–H and O–H groups in total. The molecule has 37 heavy (non-hydrogen) atoms. The lowest BCUT2D eigenvalue weighted by Gasteiger charge is -2.52. The van der Waals surface area contributed by atoms with Crippen LogP contribution in [0.5, 0.6) is 0 Å². The predicted molar refractivity (Wildman–Crippen MR) is 140 cm³/mol. The Balaban J connectivity index is 1.39. The van der Waals surface area contributed by atoms with Crippen LogP contribution in [0.15, 0.2) is 65.0 Å². The number of carbonyl (C=O) groups is 1. The van der Waals surface area contributed by atoms with Crippen LogP contribution < -0.4 is 0 Å². The lowest BCUT2D eigenvalue weighted by atomic mass is 9.68. The molecule has 0 amide bonds. The van der Waals surface area contributed by atoms with Crippen molar-refractivity contribution in [3.05, 3.63) is 70.6 Å². The summed E-state index contributed by atoms with van der Waals surface area (Å²) in [4.78, 5) is 15.0. The second-order valence-corrected chi connectivity index (χ2v) is 11.5. The van der Waals surface area contributed by atoms with Gasteiger partial charge in [-0.25, -0.2) is 4.79 Å². The maximum atomic E-state index is 12.4. The van der Waals surface area contributed by atoms with Gasteiger partial charge in [-0.3, -0.25) is 4.90 Å². The molecule has 1 aliphatic carbocycles. The first kappa shape index (κ1) is 24.7. The molecule has 1 aromatic rings. The van der Waals surface area contributed by atoms with Gasteiger partial charge in [-0.15, -0.1) is 0 Å². The van der Waals surface area contributed by atoms with Crippen LogP contribution in [0.2, 0.25) is 0 Å². The van der Waals surface area contributed by atoms with Gasteiger partial charge in [-0.2, -0.15) is 0 Å². The number of esters is 1. The highest BCUT2D eigenvalue weighted by atomic mass is 16.6. The molecular weight excluding hydrogens is 466 g/mol. The first-order chi connectivity index (χ1) is 17.9.